The van der Waals surface area contributed by atoms with E-state index in [0.29, 0.717) is 6.54 Å². The van der Waals surface area contributed by atoms with Gasteiger partial charge in [0.2, 0.25) is 5.91 Å². The third kappa shape index (κ3) is 3.74. The maximum Gasteiger partial charge on any atom is 0.227 e. The van der Waals surface area contributed by atoms with Crippen LogP contribution in [0.5, 0.6) is 0 Å². The predicted octanol–water partition coefficient (Wildman–Crippen LogP) is 4.96. The largest absolute Gasteiger partial charge is 0.355 e. The van der Waals surface area contributed by atoms with E-state index in [1.807, 2.05) is 13.0 Å². The van der Waals surface area contributed by atoms with Gasteiger partial charge in [-0.15, -0.1) is 22.7 Å². The molecule has 1 unspecified atom stereocenters. The summed E-state index contributed by atoms with van der Waals surface area (Å²) in [5, 5.41) is 6.35. The molecule has 1 aliphatic carbocycles. The minimum atomic E-state index is 0.0110. The lowest BCUT2D eigenvalue weighted by Gasteiger charge is -2.24. The van der Waals surface area contributed by atoms with Gasteiger partial charge in [-0.05, 0) is 55.9 Å². The molecule has 0 radical (unpaired) electrons. The van der Waals surface area contributed by atoms with E-state index in [9.17, 15) is 4.79 Å². The molecule has 134 valence electrons. The molecule has 3 aromatic rings. The van der Waals surface area contributed by atoms with E-state index in [1.54, 1.807) is 22.7 Å². The van der Waals surface area contributed by atoms with Gasteiger partial charge in [0.25, 0.3) is 0 Å². The fraction of sp³-hybridized carbons (Fsp3) is 0.333. The minimum Gasteiger partial charge on any atom is -0.355 e. The standard InChI is InChI=1S/C21H22N2OS2/c1-14-23-19(13-25-14)20-10-9-16(26-20)11-12-22-21(24)18-8-4-6-15-5-2-3-7-17(15)18/h2-3,5,7,9-10,13,18H,4,6,8,11-12H2,1H3,(H,22,24). The number of amides is 1. The van der Waals surface area contributed by atoms with E-state index in [2.05, 4.69) is 46.0 Å². The van der Waals surface area contributed by atoms with Crippen LogP contribution in [0.4, 0.5) is 0 Å². The summed E-state index contributed by atoms with van der Waals surface area (Å²) in [6.45, 7) is 2.72. The normalized spacial score (nSPS) is 16.3. The second-order valence-corrected chi connectivity index (χ2v) is 8.93. The Morgan fingerprint density at radius 3 is 3.00 bits per heavy atom. The summed E-state index contributed by atoms with van der Waals surface area (Å²) in [7, 11) is 0. The molecule has 1 aliphatic rings. The highest BCUT2D eigenvalue weighted by Crippen LogP contribution is 2.32. The van der Waals surface area contributed by atoms with Crippen LogP contribution in [0.25, 0.3) is 10.6 Å². The first-order valence-corrected chi connectivity index (χ1v) is 10.8. The van der Waals surface area contributed by atoms with E-state index in [0.717, 1.165) is 36.4 Å². The van der Waals surface area contributed by atoms with Gasteiger partial charge in [-0.25, -0.2) is 4.98 Å². The Bertz CT molecular complexity index is 912. The Hall–Kier alpha value is -1.98. The van der Waals surface area contributed by atoms with Crippen molar-refractivity contribution in [2.45, 2.75) is 38.5 Å². The number of fused-ring (bicyclic) bond motifs is 1. The molecule has 2 heterocycles. The molecule has 1 atom stereocenters. The molecule has 1 N–H and O–H groups in total. The molecular formula is C21H22N2OS2. The first kappa shape index (κ1) is 17.4. The van der Waals surface area contributed by atoms with Crippen molar-refractivity contribution in [2.75, 3.05) is 6.54 Å². The molecule has 0 saturated carbocycles. The van der Waals surface area contributed by atoms with Crippen molar-refractivity contribution in [3.05, 3.63) is 62.8 Å². The van der Waals surface area contributed by atoms with Crippen LogP contribution >= 0.6 is 22.7 Å². The van der Waals surface area contributed by atoms with Crippen molar-refractivity contribution in [1.82, 2.24) is 10.3 Å². The van der Waals surface area contributed by atoms with Crippen molar-refractivity contribution in [2.24, 2.45) is 0 Å². The van der Waals surface area contributed by atoms with Crippen LogP contribution in [0.3, 0.4) is 0 Å². The van der Waals surface area contributed by atoms with Crippen LogP contribution in [0.1, 0.15) is 39.8 Å². The number of benzene rings is 1. The van der Waals surface area contributed by atoms with Gasteiger partial charge >= 0.3 is 0 Å². The van der Waals surface area contributed by atoms with Crippen LogP contribution < -0.4 is 5.32 Å². The van der Waals surface area contributed by atoms with Gasteiger partial charge in [0.15, 0.2) is 0 Å². The second kappa shape index (κ2) is 7.72. The summed E-state index contributed by atoms with van der Waals surface area (Å²) in [4.78, 5) is 19.7. The summed E-state index contributed by atoms with van der Waals surface area (Å²) < 4.78 is 0. The lowest BCUT2D eigenvalue weighted by atomic mass is 9.82. The third-order valence-corrected chi connectivity index (χ3v) is 6.83. The molecule has 3 nitrogen and oxygen atoms in total. The van der Waals surface area contributed by atoms with Gasteiger partial charge in [-0.1, -0.05) is 24.3 Å². The zero-order valence-corrected chi connectivity index (χ0v) is 16.5. The number of rotatable bonds is 5. The number of aryl methyl sites for hydroxylation is 2. The highest BCUT2D eigenvalue weighted by atomic mass is 32.1. The second-order valence-electron chi connectivity index (χ2n) is 6.70. The fourth-order valence-corrected chi connectivity index (χ4v) is 5.24. The van der Waals surface area contributed by atoms with E-state index < -0.39 is 0 Å². The molecule has 0 bridgehead atoms. The first-order valence-electron chi connectivity index (χ1n) is 9.07. The van der Waals surface area contributed by atoms with Gasteiger partial charge in [0.1, 0.15) is 0 Å². The number of thiophene rings is 1. The number of thiazole rings is 1. The molecule has 0 spiro atoms. The number of aromatic nitrogens is 1. The number of nitrogens with one attached hydrogen (secondary N) is 1. The Kier molecular flexibility index (Phi) is 5.18. The molecule has 26 heavy (non-hydrogen) atoms. The van der Waals surface area contributed by atoms with Crippen molar-refractivity contribution >= 4 is 28.6 Å². The third-order valence-electron chi connectivity index (χ3n) is 4.89. The van der Waals surface area contributed by atoms with Gasteiger partial charge in [-0.2, -0.15) is 0 Å². The molecule has 1 aromatic carbocycles. The molecule has 2 aromatic heterocycles. The predicted molar refractivity (Wildman–Crippen MR) is 109 cm³/mol. The number of nitrogens with zero attached hydrogens (tertiary/aromatic N) is 1. The monoisotopic (exact) mass is 382 g/mol. The van der Waals surface area contributed by atoms with Gasteiger partial charge in [0, 0.05) is 16.8 Å². The summed E-state index contributed by atoms with van der Waals surface area (Å²) >= 11 is 3.45. The van der Waals surface area contributed by atoms with Gasteiger partial charge < -0.3 is 5.32 Å². The summed E-state index contributed by atoms with van der Waals surface area (Å²) in [6, 6.07) is 12.7. The van der Waals surface area contributed by atoms with E-state index in [-0.39, 0.29) is 11.8 Å². The zero-order valence-electron chi connectivity index (χ0n) is 14.8. The number of hydrogen-bond acceptors (Lipinski definition) is 4. The average Bonchev–Trinajstić information content (AvgIpc) is 3.30. The Morgan fingerprint density at radius 2 is 2.15 bits per heavy atom. The van der Waals surface area contributed by atoms with Crippen LogP contribution in [0.2, 0.25) is 0 Å². The number of carbonyl (C=O) groups excluding carboxylic acids is 1. The lowest BCUT2D eigenvalue weighted by Crippen LogP contribution is -2.32. The van der Waals surface area contributed by atoms with E-state index in [4.69, 9.17) is 0 Å². The van der Waals surface area contributed by atoms with E-state index >= 15 is 0 Å². The SMILES string of the molecule is Cc1nc(-c2ccc(CCNC(=O)C3CCCc4ccccc43)s2)cs1. The molecule has 5 heteroatoms. The molecule has 0 saturated heterocycles. The smallest absolute Gasteiger partial charge is 0.227 e. The Morgan fingerprint density at radius 1 is 1.27 bits per heavy atom. The van der Waals surface area contributed by atoms with Gasteiger partial charge in [-0.3, -0.25) is 4.79 Å². The highest BCUT2D eigenvalue weighted by Gasteiger charge is 2.25. The summed E-state index contributed by atoms with van der Waals surface area (Å²) in [6.07, 6.45) is 4.01. The van der Waals surface area contributed by atoms with Crippen LogP contribution in [-0.4, -0.2) is 17.4 Å². The van der Waals surface area contributed by atoms with Crippen LogP contribution in [0, 0.1) is 6.92 Å². The average molecular weight is 383 g/mol. The quantitative estimate of drug-likeness (QED) is 0.678. The first-order chi connectivity index (χ1) is 12.7. The van der Waals surface area contributed by atoms with Crippen molar-refractivity contribution < 1.29 is 4.79 Å². The van der Waals surface area contributed by atoms with Crippen molar-refractivity contribution in [3.8, 4) is 10.6 Å². The number of hydrogen-bond donors (Lipinski definition) is 1. The molecular weight excluding hydrogens is 360 g/mol. The lowest BCUT2D eigenvalue weighted by molar-refractivity contribution is -0.122. The maximum atomic E-state index is 12.7. The van der Waals surface area contributed by atoms with Crippen LogP contribution in [-0.2, 0) is 17.6 Å². The Labute approximate surface area is 162 Å². The topological polar surface area (TPSA) is 42.0 Å². The molecule has 4 rings (SSSR count). The molecule has 0 aliphatic heterocycles. The van der Waals surface area contributed by atoms with Crippen molar-refractivity contribution in [3.63, 3.8) is 0 Å². The van der Waals surface area contributed by atoms with Crippen LogP contribution in [0.15, 0.2) is 41.8 Å². The highest BCUT2D eigenvalue weighted by molar-refractivity contribution is 7.16. The number of carbonyl (C=O) groups is 1. The van der Waals surface area contributed by atoms with Crippen molar-refractivity contribution in [1.29, 1.82) is 0 Å². The van der Waals surface area contributed by atoms with Gasteiger partial charge in [0.05, 0.1) is 21.5 Å². The summed E-state index contributed by atoms with van der Waals surface area (Å²) in [5.41, 5.74) is 3.61. The minimum absolute atomic E-state index is 0.0110. The zero-order chi connectivity index (χ0) is 17.9. The van der Waals surface area contributed by atoms with E-state index in [1.165, 1.54) is 20.9 Å². The maximum absolute atomic E-state index is 12.7. The molecule has 1 amide bonds. The Balaban J connectivity index is 1.34. The molecule has 0 fully saturated rings. The fourth-order valence-electron chi connectivity index (χ4n) is 3.58. The summed E-state index contributed by atoms with van der Waals surface area (Å²) in [5.74, 6) is 0.181.